The average Bonchev–Trinajstić information content (AvgIpc) is 3.31. The molecular weight excluding hydrogens is 505 g/mol. The zero-order valence-electron chi connectivity index (χ0n) is 22.2. The summed E-state index contributed by atoms with van der Waals surface area (Å²) in [6.45, 7) is 5.93. The molecule has 0 saturated heterocycles. The standard InChI is InChI=1S/C27H36FN5O4Si/c1-17-25(36-2)22-15-20(30-27(35)18-5-7-19(29)8-6-18)9-10-23(22)37-26(17)24(38(3,4)28)11-13-33-16-21(12-14-34)31-32-33/h5-10,15-17,24-26,34H,11-14,29H2,1-4H3,(H,30,35)/t17-,24?,25-,26-/m0/s1. The topological polar surface area (TPSA) is 125 Å². The summed E-state index contributed by atoms with van der Waals surface area (Å²) in [6, 6.07) is 12.2. The number of aliphatic hydroxyl groups excluding tert-OH is 1. The van der Waals surface area contributed by atoms with Crippen molar-refractivity contribution < 1.29 is 23.5 Å². The second-order valence-electron chi connectivity index (χ2n) is 10.3. The van der Waals surface area contributed by atoms with Gasteiger partial charge >= 0.3 is 0 Å². The molecule has 1 aromatic heterocycles. The number of hydrogen-bond acceptors (Lipinski definition) is 7. The van der Waals surface area contributed by atoms with Crippen molar-refractivity contribution in [2.45, 2.75) is 57.2 Å². The number of anilines is 2. The van der Waals surface area contributed by atoms with E-state index in [1.54, 1.807) is 67.5 Å². The largest absolute Gasteiger partial charge is 0.490 e. The first-order chi connectivity index (χ1) is 18.1. The van der Waals surface area contributed by atoms with E-state index >= 15 is 4.11 Å². The van der Waals surface area contributed by atoms with Crippen molar-refractivity contribution in [3.63, 3.8) is 0 Å². The molecule has 9 nitrogen and oxygen atoms in total. The lowest BCUT2D eigenvalue weighted by atomic mass is 9.86. The maximum absolute atomic E-state index is 15.7. The zero-order chi connectivity index (χ0) is 27.4. The first-order valence-corrected chi connectivity index (χ1v) is 15.7. The molecule has 4 rings (SSSR count). The monoisotopic (exact) mass is 541 g/mol. The highest BCUT2D eigenvalue weighted by atomic mass is 28.4. The predicted molar refractivity (Wildman–Crippen MR) is 146 cm³/mol. The molecular formula is C27H36FN5O4Si. The smallest absolute Gasteiger partial charge is 0.255 e. The van der Waals surface area contributed by atoms with Crippen LogP contribution < -0.4 is 15.8 Å². The first kappa shape index (κ1) is 27.7. The number of nitrogens with zero attached hydrogens (tertiary/aromatic N) is 3. The number of nitrogens with one attached hydrogen (secondary N) is 1. The van der Waals surface area contributed by atoms with Crippen LogP contribution in [0.4, 0.5) is 15.5 Å². The highest BCUT2D eigenvalue weighted by Crippen LogP contribution is 2.48. The number of carbonyl (C=O) groups is 1. The van der Waals surface area contributed by atoms with Crippen molar-refractivity contribution in [1.29, 1.82) is 0 Å². The van der Waals surface area contributed by atoms with E-state index in [4.69, 9.17) is 20.3 Å². The Kier molecular flexibility index (Phi) is 8.49. The number of nitrogens with two attached hydrogens (primary N) is 1. The molecule has 0 bridgehead atoms. The number of aromatic nitrogens is 3. The number of nitrogen functional groups attached to an aromatic ring is 1. The van der Waals surface area contributed by atoms with Gasteiger partial charge in [0, 0.05) is 66.8 Å². The number of aryl methyl sites for hydroxylation is 1. The lowest BCUT2D eigenvalue weighted by Gasteiger charge is -2.43. The number of rotatable bonds is 10. The molecule has 38 heavy (non-hydrogen) atoms. The van der Waals surface area contributed by atoms with Gasteiger partial charge in [0.1, 0.15) is 11.9 Å². The Labute approximate surface area is 223 Å². The first-order valence-electron chi connectivity index (χ1n) is 12.8. The van der Waals surface area contributed by atoms with Crippen LogP contribution in [0.5, 0.6) is 5.75 Å². The van der Waals surface area contributed by atoms with Crippen molar-refractivity contribution in [3.05, 3.63) is 65.5 Å². The van der Waals surface area contributed by atoms with Gasteiger partial charge in [-0.15, -0.1) is 5.10 Å². The van der Waals surface area contributed by atoms with Crippen molar-refractivity contribution in [2.75, 3.05) is 24.8 Å². The number of ether oxygens (including phenoxy) is 2. The highest BCUT2D eigenvalue weighted by molar-refractivity contribution is 6.72. The van der Waals surface area contributed by atoms with E-state index < -0.39 is 14.5 Å². The molecule has 0 radical (unpaired) electrons. The van der Waals surface area contributed by atoms with E-state index in [1.807, 2.05) is 13.0 Å². The Bertz CT molecular complexity index is 1250. The number of amides is 1. The van der Waals surface area contributed by atoms with Crippen LogP contribution in [0.1, 0.15) is 41.1 Å². The van der Waals surface area contributed by atoms with Crippen LogP contribution >= 0.6 is 0 Å². The average molecular weight is 542 g/mol. The van der Waals surface area contributed by atoms with Crippen LogP contribution in [0, 0.1) is 5.92 Å². The third-order valence-electron chi connectivity index (χ3n) is 7.16. The minimum Gasteiger partial charge on any atom is -0.490 e. The quantitative estimate of drug-likeness (QED) is 0.198. The molecule has 1 amide bonds. The van der Waals surface area contributed by atoms with Gasteiger partial charge in [-0.05, 0) is 62.0 Å². The van der Waals surface area contributed by atoms with E-state index in [9.17, 15) is 4.79 Å². The number of benzene rings is 2. The molecule has 0 aliphatic carbocycles. The van der Waals surface area contributed by atoms with E-state index in [-0.39, 0.29) is 30.1 Å². The van der Waals surface area contributed by atoms with Crippen LogP contribution in [0.2, 0.25) is 18.6 Å². The summed E-state index contributed by atoms with van der Waals surface area (Å²) in [5.74, 6) is 0.241. The molecule has 3 aromatic rings. The van der Waals surface area contributed by atoms with Crippen LogP contribution in [0.25, 0.3) is 0 Å². The maximum atomic E-state index is 15.7. The molecule has 0 fully saturated rings. The Morgan fingerprint density at radius 1 is 1.29 bits per heavy atom. The van der Waals surface area contributed by atoms with Crippen molar-refractivity contribution in [2.24, 2.45) is 5.92 Å². The van der Waals surface area contributed by atoms with Crippen molar-refractivity contribution >= 4 is 25.7 Å². The maximum Gasteiger partial charge on any atom is 0.255 e. The summed E-state index contributed by atoms with van der Waals surface area (Å²) in [5, 5.41) is 20.2. The number of methoxy groups -OCH3 is 1. The molecule has 2 aromatic carbocycles. The zero-order valence-corrected chi connectivity index (χ0v) is 23.2. The van der Waals surface area contributed by atoms with Crippen molar-refractivity contribution in [3.8, 4) is 5.75 Å². The summed E-state index contributed by atoms with van der Waals surface area (Å²) < 4.78 is 29.8. The van der Waals surface area contributed by atoms with E-state index in [1.165, 1.54) is 0 Å². The van der Waals surface area contributed by atoms with E-state index in [0.717, 1.165) is 5.56 Å². The lowest BCUT2D eigenvalue weighted by Crippen LogP contribution is -2.46. The number of carbonyl (C=O) groups excluding carboxylic acids is 1. The van der Waals surface area contributed by atoms with Crippen LogP contribution in [0.15, 0.2) is 48.7 Å². The Morgan fingerprint density at radius 2 is 2.03 bits per heavy atom. The van der Waals surface area contributed by atoms with Gasteiger partial charge in [0.15, 0.2) is 0 Å². The van der Waals surface area contributed by atoms with Gasteiger partial charge in [-0.1, -0.05) is 12.1 Å². The molecule has 1 unspecified atom stereocenters. The van der Waals surface area contributed by atoms with Gasteiger partial charge in [-0.25, -0.2) is 0 Å². The Morgan fingerprint density at radius 3 is 2.68 bits per heavy atom. The minimum absolute atomic E-state index is 0.00373. The van der Waals surface area contributed by atoms with Gasteiger partial charge < -0.3 is 29.7 Å². The summed E-state index contributed by atoms with van der Waals surface area (Å²) in [4.78, 5) is 12.7. The minimum atomic E-state index is -3.16. The summed E-state index contributed by atoms with van der Waals surface area (Å²) >= 11 is 0. The molecule has 11 heteroatoms. The Hall–Kier alpha value is -3.28. The van der Waals surface area contributed by atoms with Crippen LogP contribution in [-0.4, -0.2) is 54.2 Å². The summed E-state index contributed by atoms with van der Waals surface area (Å²) in [7, 11) is -1.53. The van der Waals surface area contributed by atoms with E-state index in [0.29, 0.717) is 47.8 Å². The van der Waals surface area contributed by atoms with E-state index in [2.05, 4.69) is 15.6 Å². The predicted octanol–water partition coefficient (Wildman–Crippen LogP) is 4.37. The summed E-state index contributed by atoms with van der Waals surface area (Å²) in [6.07, 6.45) is 2.03. The van der Waals surface area contributed by atoms with Gasteiger partial charge in [0.25, 0.3) is 5.91 Å². The van der Waals surface area contributed by atoms with Gasteiger partial charge in [0.05, 0.1) is 11.8 Å². The molecule has 4 N–H and O–H groups in total. The molecule has 2 heterocycles. The number of halogens is 1. The fraction of sp³-hybridized carbons (Fsp3) is 0.444. The molecule has 1 aliphatic rings. The normalized spacial score (nSPS) is 19.9. The van der Waals surface area contributed by atoms with Gasteiger partial charge in [-0.2, -0.15) is 0 Å². The fourth-order valence-corrected chi connectivity index (χ4v) is 7.11. The second-order valence-corrected chi connectivity index (χ2v) is 14.2. The lowest BCUT2D eigenvalue weighted by molar-refractivity contribution is -0.0242. The highest BCUT2D eigenvalue weighted by Gasteiger charge is 2.47. The fourth-order valence-electron chi connectivity index (χ4n) is 5.14. The molecule has 4 atom stereocenters. The molecule has 1 aliphatic heterocycles. The number of aliphatic hydroxyl groups is 1. The molecule has 0 spiro atoms. The second kappa shape index (κ2) is 11.6. The number of fused-ring (bicyclic) bond motifs is 1. The van der Waals surface area contributed by atoms with Crippen molar-refractivity contribution in [1.82, 2.24) is 15.0 Å². The Balaban J connectivity index is 1.54. The third kappa shape index (κ3) is 6.22. The van der Waals surface area contributed by atoms with Crippen LogP contribution in [-0.2, 0) is 17.7 Å². The number of hydrogen-bond donors (Lipinski definition) is 3. The summed E-state index contributed by atoms with van der Waals surface area (Å²) in [5.41, 5.74) is 8.62. The van der Waals surface area contributed by atoms with Crippen LogP contribution in [0.3, 0.4) is 0 Å². The SMILES string of the molecule is CO[C@@H]1c2cc(NC(=O)c3ccc(N)cc3)ccc2O[C@H](C(CCn2cc(CCO)nn2)[Si](C)(C)F)[C@H]1C. The van der Waals surface area contributed by atoms with Gasteiger partial charge in [-0.3, -0.25) is 9.48 Å². The molecule has 0 saturated carbocycles. The van der Waals surface area contributed by atoms with Gasteiger partial charge in [0.2, 0.25) is 8.41 Å². The molecule has 204 valence electrons. The third-order valence-corrected chi connectivity index (χ3v) is 9.54.